The predicted molar refractivity (Wildman–Crippen MR) is 243 cm³/mol. The maximum atomic E-state index is 6.95. The van der Waals surface area contributed by atoms with Gasteiger partial charge in [0, 0.05) is 44.7 Å². The molecular formula is C49H66O6P2. The Morgan fingerprint density at radius 2 is 0.789 bits per heavy atom. The van der Waals surface area contributed by atoms with E-state index in [0.717, 1.165) is 86.3 Å². The number of benzene rings is 4. The maximum absolute atomic E-state index is 6.95. The molecule has 0 aliphatic rings. The third-order valence-electron chi connectivity index (χ3n) is 11.0. The van der Waals surface area contributed by atoms with Crippen molar-refractivity contribution in [1.29, 1.82) is 0 Å². The molecule has 0 spiro atoms. The second-order valence-electron chi connectivity index (χ2n) is 18.9. The van der Waals surface area contributed by atoms with Crippen LogP contribution in [0.25, 0.3) is 43.9 Å². The highest BCUT2D eigenvalue weighted by atomic mass is 31.1. The highest BCUT2D eigenvalue weighted by Crippen LogP contribution is 2.44. The second-order valence-corrected chi connectivity index (χ2v) is 21.0. The molecule has 0 amide bonds. The zero-order valence-corrected chi connectivity index (χ0v) is 39.0. The van der Waals surface area contributed by atoms with Crippen molar-refractivity contribution in [2.24, 2.45) is 0 Å². The quantitative estimate of drug-likeness (QED) is 0.137. The van der Waals surface area contributed by atoms with Crippen molar-refractivity contribution in [1.82, 2.24) is 0 Å². The molecule has 0 bridgehead atoms. The standard InChI is InChI=1S/C49H66O6P2/c1-16-32-20-21-43-36(23-32)37-24-33(17-2)27-40(47(7,8)9)44(37)53-56(52-43)50-30(5)22-31(6)51-57-54-45-38(25-34(18-3)28-41(45)48(10,11)12)39-26-35(19-4)29-42(46(39)55-57)49(13,14)15/h20-21,23-31H,16-19,22H2,1-15H3/t30-,31-,56?/m1/s1. The van der Waals surface area contributed by atoms with Gasteiger partial charge in [-0.05, 0) is 108 Å². The summed E-state index contributed by atoms with van der Waals surface area (Å²) in [5, 5.41) is 4.27. The number of hydrogen-bond acceptors (Lipinski definition) is 6. The van der Waals surface area contributed by atoms with Gasteiger partial charge in [-0.25, -0.2) is 0 Å². The van der Waals surface area contributed by atoms with Crippen molar-refractivity contribution < 1.29 is 25.8 Å². The molecule has 308 valence electrons. The van der Waals surface area contributed by atoms with E-state index in [9.17, 15) is 0 Å². The molecule has 6 rings (SSSR count). The average molecular weight is 813 g/mol. The highest BCUT2D eigenvalue weighted by Gasteiger charge is 2.27. The predicted octanol–water partition coefficient (Wildman–Crippen LogP) is 15.8. The summed E-state index contributed by atoms with van der Waals surface area (Å²) in [5.41, 5.74) is 11.4. The smallest absolute Gasteiger partial charge is 0.387 e. The van der Waals surface area contributed by atoms with Gasteiger partial charge in [0.25, 0.3) is 0 Å². The molecule has 0 radical (unpaired) electrons. The van der Waals surface area contributed by atoms with Crippen LogP contribution in [0.2, 0.25) is 0 Å². The summed E-state index contributed by atoms with van der Waals surface area (Å²) < 4.78 is 40.9. The molecule has 0 aliphatic heterocycles. The molecule has 57 heavy (non-hydrogen) atoms. The van der Waals surface area contributed by atoms with Crippen molar-refractivity contribution in [3.63, 3.8) is 0 Å². The van der Waals surface area contributed by atoms with Crippen LogP contribution < -0.4 is 9.05 Å². The summed E-state index contributed by atoms with van der Waals surface area (Å²) in [4.78, 5) is 0. The Morgan fingerprint density at radius 1 is 0.456 bits per heavy atom. The van der Waals surface area contributed by atoms with E-state index in [1.54, 1.807) is 0 Å². The molecule has 1 unspecified atom stereocenters. The van der Waals surface area contributed by atoms with Crippen LogP contribution in [-0.2, 0) is 41.9 Å². The first kappa shape index (κ1) is 43.2. The molecule has 0 saturated heterocycles. The van der Waals surface area contributed by atoms with Crippen molar-refractivity contribution in [2.45, 2.75) is 164 Å². The zero-order chi connectivity index (χ0) is 41.6. The van der Waals surface area contributed by atoms with Gasteiger partial charge in [0.05, 0.1) is 12.2 Å². The number of rotatable bonds is 10. The highest BCUT2D eigenvalue weighted by molar-refractivity contribution is 7.32. The van der Waals surface area contributed by atoms with Crippen LogP contribution in [0.1, 0.15) is 149 Å². The topological polar surface area (TPSA) is 71.0 Å². The molecule has 0 saturated carbocycles. The minimum absolute atomic E-state index is 0.148. The molecule has 0 aliphatic carbocycles. The van der Waals surface area contributed by atoms with Crippen molar-refractivity contribution in [3.8, 4) is 0 Å². The van der Waals surface area contributed by atoms with Crippen LogP contribution in [-0.4, -0.2) is 12.2 Å². The van der Waals surface area contributed by atoms with E-state index in [4.69, 9.17) is 25.8 Å². The monoisotopic (exact) mass is 812 g/mol. The van der Waals surface area contributed by atoms with E-state index in [2.05, 4.69) is 158 Å². The first-order valence-corrected chi connectivity index (χ1v) is 23.2. The summed E-state index contributed by atoms with van der Waals surface area (Å²) in [6.45, 7) is 33.1. The largest absolute Gasteiger partial charge is 0.399 e. The lowest BCUT2D eigenvalue weighted by atomic mass is 9.82. The Hall–Kier alpha value is -3.40. The van der Waals surface area contributed by atoms with Gasteiger partial charge in [0.1, 0.15) is 22.3 Å². The molecule has 0 N–H and O–H groups in total. The van der Waals surface area contributed by atoms with E-state index < -0.39 is 16.5 Å². The first-order chi connectivity index (χ1) is 26.7. The van der Waals surface area contributed by atoms with Crippen LogP contribution >= 0.6 is 16.5 Å². The SMILES string of the molecule is CCc1ccc2op(O[C@H](C)C[C@@H](C)Op3oc4c(C(C)(C)C)cc(CC)cc4c4cc(CC)cc(C(C)(C)C)c4o3)oc3c(C(C)(C)C)cc(CC)cc3c2c1. The van der Waals surface area contributed by atoms with Crippen LogP contribution in [0.5, 0.6) is 0 Å². The fourth-order valence-corrected chi connectivity index (χ4v) is 9.97. The van der Waals surface area contributed by atoms with Crippen LogP contribution in [0.15, 0.2) is 71.4 Å². The van der Waals surface area contributed by atoms with Gasteiger partial charge in [0.15, 0.2) is 0 Å². The third-order valence-corrected chi connectivity index (χ3v) is 13.4. The molecule has 4 aromatic carbocycles. The molecule has 0 fully saturated rings. The van der Waals surface area contributed by atoms with Crippen molar-refractivity contribution in [3.05, 3.63) is 93.5 Å². The Balaban J connectivity index is 1.45. The first-order valence-electron chi connectivity index (χ1n) is 21.0. The minimum atomic E-state index is -1.83. The molecule has 2 heterocycles. The Labute approximate surface area is 343 Å². The van der Waals surface area contributed by atoms with Crippen LogP contribution in [0.3, 0.4) is 0 Å². The Bertz CT molecular complexity index is 2400. The van der Waals surface area contributed by atoms with Gasteiger partial charge < -0.3 is 16.8 Å². The molecule has 6 nitrogen and oxygen atoms in total. The molecular weight excluding hydrogens is 746 g/mol. The Morgan fingerprint density at radius 3 is 1.14 bits per heavy atom. The van der Waals surface area contributed by atoms with Crippen LogP contribution in [0.4, 0.5) is 0 Å². The maximum Gasteiger partial charge on any atom is 0.387 e. The van der Waals surface area contributed by atoms with Gasteiger partial charge >= 0.3 is 16.5 Å². The van der Waals surface area contributed by atoms with Gasteiger partial charge in [-0.1, -0.05) is 114 Å². The fourth-order valence-electron chi connectivity index (χ4n) is 7.61. The summed E-state index contributed by atoms with van der Waals surface area (Å²) in [6, 6.07) is 20.2. The number of fused-ring (bicyclic) bond motifs is 6. The fraction of sp³-hybridized carbons (Fsp3) is 0.510. The molecule has 3 atom stereocenters. The lowest BCUT2D eigenvalue weighted by Crippen LogP contribution is -2.21. The number of hydrogen-bond donors (Lipinski definition) is 0. The van der Waals surface area contributed by atoms with Gasteiger partial charge in [-0.2, -0.15) is 0 Å². The molecule has 8 heteroatoms. The van der Waals surface area contributed by atoms with E-state index in [-0.39, 0.29) is 28.5 Å². The third kappa shape index (κ3) is 9.42. The molecule has 6 aromatic rings. The summed E-state index contributed by atoms with van der Waals surface area (Å²) in [6.07, 6.45) is 3.78. The second kappa shape index (κ2) is 16.7. The van der Waals surface area contributed by atoms with E-state index >= 15 is 0 Å². The van der Waals surface area contributed by atoms with Crippen molar-refractivity contribution in [2.75, 3.05) is 0 Å². The van der Waals surface area contributed by atoms with Gasteiger partial charge in [-0.3, -0.25) is 9.05 Å². The number of aryl methyl sites for hydroxylation is 4. The normalized spacial score (nSPS) is 14.2. The Kier molecular flexibility index (Phi) is 12.6. The van der Waals surface area contributed by atoms with Gasteiger partial charge in [0.2, 0.25) is 0 Å². The minimum Gasteiger partial charge on any atom is -0.399 e. The van der Waals surface area contributed by atoms with E-state index in [1.807, 2.05) is 0 Å². The summed E-state index contributed by atoms with van der Waals surface area (Å²) >= 11 is 0. The lowest BCUT2D eigenvalue weighted by molar-refractivity contribution is 0.184. The summed E-state index contributed by atoms with van der Waals surface area (Å²) in [7, 11) is -3.61. The van der Waals surface area contributed by atoms with E-state index in [1.165, 1.54) is 22.3 Å². The zero-order valence-electron chi connectivity index (χ0n) is 37.2. The van der Waals surface area contributed by atoms with Crippen LogP contribution in [0, 0.1) is 0 Å². The molecule has 2 aromatic heterocycles. The van der Waals surface area contributed by atoms with Gasteiger partial charge in [-0.15, -0.1) is 0 Å². The van der Waals surface area contributed by atoms with E-state index in [0.29, 0.717) is 6.42 Å². The average Bonchev–Trinajstić information content (AvgIpc) is 3.38. The lowest BCUT2D eigenvalue weighted by Gasteiger charge is -2.22. The summed E-state index contributed by atoms with van der Waals surface area (Å²) in [5.74, 6) is 0. The van der Waals surface area contributed by atoms with Crippen molar-refractivity contribution >= 4 is 60.4 Å².